The number of hydrogen-bond acceptors (Lipinski definition) is 5. The Labute approximate surface area is 163 Å². The second-order valence-corrected chi connectivity index (χ2v) is 6.68. The number of hydrogen-bond donors (Lipinski definition) is 1. The minimum Gasteiger partial charge on any atom is -0.456 e. The molecule has 1 aromatic heterocycles. The van der Waals surface area contributed by atoms with Crippen molar-refractivity contribution in [2.24, 2.45) is 0 Å². The summed E-state index contributed by atoms with van der Waals surface area (Å²) in [4.78, 5) is 37.6. The molecule has 7 heteroatoms. The molecule has 1 heterocycles. The van der Waals surface area contributed by atoms with Crippen molar-refractivity contribution >= 4 is 34.8 Å². The van der Waals surface area contributed by atoms with Gasteiger partial charge in [0.1, 0.15) is 0 Å². The summed E-state index contributed by atoms with van der Waals surface area (Å²) in [6.07, 6.45) is 0.845. The number of nitrogens with zero attached hydrogens (tertiary/aromatic N) is 1. The third kappa shape index (κ3) is 6.53. The first-order valence-corrected chi connectivity index (χ1v) is 9.83. The number of amides is 2. The molecular weight excluding hydrogens is 364 g/mol. The van der Waals surface area contributed by atoms with Crippen LogP contribution in [0, 0.1) is 0 Å². The van der Waals surface area contributed by atoms with Crippen molar-refractivity contribution in [2.45, 2.75) is 26.7 Å². The van der Waals surface area contributed by atoms with E-state index < -0.39 is 11.9 Å². The number of benzene rings is 1. The Morgan fingerprint density at radius 3 is 2.37 bits per heavy atom. The highest BCUT2D eigenvalue weighted by atomic mass is 32.1. The lowest BCUT2D eigenvalue weighted by Crippen LogP contribution is -2.30. The zero-order valence-corrected chi connectivity index (χ0v) is 16.4. The Kier molecular flexibility index (Phi) is 8.00. The molecule has 2 aromatic rings. The maximum atomic E-state index is 12.2. The van der Waals surface area contributed by atoms with Crippen molar-refractivity contribution in [3.05, 3.63) is 52.2 Å². The van der Waals surface area contributed by atoms with Crippen molar-refractivity contribution in [3.63, 3.8) is 0 Å². The summed E-state index contributed by atoms with van der Waals surface area (Å²) >= 11 is 1.58. The summed E-state index contributed by atoms with van der Waals surface area (Å²) < 4.78 is 4.99. The van der Waals surface area contributed by atoms with Crippen LogP contribution in [0.2, 0.25) is 0 Å². The van der Waals surface area contributed by atoms with E-state index in [1.807, 2.05) is 30.7 Å². The summed E-state index contributed by atoms with van der Waals surface area (Å²) in [7, 11) is 0. The monoisotopic (exact) mass is 388 g/mol. The first-order valence-electron chi connectivity index (χ1n) is 8.89. The van der Waals surface area contributed by atoms with E-state index in [0.29, 0.717) is 30.8 Å². The predicted octanol–water partition coefficient (Wildman–Crippen LogP) is 3.34. The van der Waals surface area contributed by atoms with Gasteiger partial charge in [0, 0.05) is 30.8 Å². The van der Waals surface area contributed by atoms with Gasteiger partial charge in [-0.2, -0.15) is 11.3 Å². The number of ether oxygens (including phenoxy) is 1. The lowest BCUT2D eigenvalue weighted by Gasteiger charge is -2.18. The number of carbonyl (C=O) groups is 3. The highest BCUT2D eigenvalue weighted by Crippen LogP contribution is 2.12. The topological polar surface area (TPSA) is 75.7 Å². The molecule has 0 unspecified atom stereocenters. The number of carbonyl (C=O) groups excluding carboxylic acids is 3. The maximum absolute atomic E-state index is 12.2. The molecule has 0 saturated carbocycles. The minimum atomic E-state index is -0.415. The molecule has 0 saturated heterocycles. The smallest absolute Gasteiger partial charge is 0.306 e. The molecule has 0 fully saturated rings. The van der Waals surface area contributed by atoms with Crippen LogP contribution < -0.4 is 5.32 Å². The molecule has 1 aromatic carbocycles. The van der Waals surface area contributed by atoms with E-state index in [0.717, 1.165) is 5.56 Å². The first-order chi connectivity index (χ1) is 13.0. The van der Waals surface area contributed by atoms with Crippen molar-refractivity contribution < 1.29 is 19.1 Å². The Morgan fingerprint density at radius 2 is 1.78 bits per heavy atom. The molecule has 0 radical (unpaired) electrons. The van der Waals surface area contributed by atoms with Crippen molar-refractivity contribution in [1.29, 1.82) is 0 Å². The van der Waals surface area contributed by atoms with Gasteiger partial charge in [0.05, 0.1) is 0 Å². The number of thiophene rings is 1. The molecule has 0 atom stereocenters. The van der Waals surface area contributed by atoms with E-state index >= 15 is 0 Å². The van der Waals surface area contributed by atoms with Crippen molar-refractivity contribution in [3.8, 4) is 0 Å². The molecule has 0 aliphatic carbocycles. The number of nitrogens with one attached hydrogen (secondary N) is 1. The van der Waals surface area contributed by atoms with E-state index in [9.17, 15) is 14.4 Å². The van der Waals surface area contributed by atoms with Crippen LogP contribution >= 0.6 is 11.3 Å². The number of esters is 1. The molecule has 0 aliphatic rings. The summed E-state index contributed by atoms with van der Waals surface area (Å²) in [5, 5.41) is 6.59. The van der Waals surface area contributed by atoms with Crippen LogP contribution in [0.5, 0.6) is 0 Å². The Morgan fingerprint density at radius 1 is 1.07 bits per heavy atom. The normalized spacial score (nSPS) is 10.3. The quantitative estimate of drug-likeness (QED) is 0.669. The fourth-order valence-corrected chi connectivity index (χ4v) is 3.19. The SMILES string of the molecule is CCN(CC)C(=O)c1ccc(NC(=O)COC(=O)CCc2ccsc2)cc1. The van der Waals surface area contributed by atoms with Gasteiger partial charge in [-0.05, 0) is 66.9 Å². The Hall–Kier alpha value is -2.67. The van der Waals surface area contributed by atoms with E-state index in [1.54, 1.807) is 40.5 Å². The zero-order valence-electron chi connectivity index (χ0n) is 15.6. The molecule has 0 spiro atoms. The standard InChI is InChI=1S/C20H24N2O4S/c1-3-22(4-2)20(25)16-6-8-17(9-7-16)21-18(23)13-26-19(24)10-5-15-11-12-27-14-15/h6-9,11-12,14H,3-5,10,13H2,1-2H3,(H,21,23). The molecule has 2 rings (SSSR count). The number of rotatable bonds is 9. The molecule has 6 nitrogen and oxygen atoms in total. The second kappa shape index (κ2) is 10.5. The van der Waals surface area contributed by atoms with Gasteiger partial charge in [0.2, 0.25) is 0 Å². The van der Waals surface area contributed by atoms with E-state index in [-0.39, 0.29) is 18.9 Å². The van der Waals surface area contributed by atoms with Gasteiger partial charge in [0.25, 0.3) is 11.8 Å². The summed E-state index contributed by atoms with van der Waals surface area (Å²) in [6, 6.07) is 8.62. The number of anilines is 1. The van der Waals surface area contributed by atoms with Crippen LogP contribution in [0.3, 0.4) is 0 Å². The second-order valence-electron chi connectivity index (χ2n) is 5.90. The molecule has 144 valence electrons. The lowest BCUT2D eigenvalue weighted by molar-refractivity contribution is -0.147. The maximum Gasteiger partial charge on any atom is 0.306 e. The minimum absolute atomic E-state index is 0.0440. The zero-order chi connectivity index (χ0) is 19.6. The highest BCUT2D eigenvalue weighted by Gasteiger charge is 2.13. The van der Waals surface area contributed by atoms with Gasteiger partial charge in [-0.1, -0.05) is 0 Å². The Balaban J connectivity index is 1.76. The van der Waals surface area contributed by atoms with Crippen molar-refractivity contribution in [2.75, 3.05) is 25.0 Å². The van der Waals surface area contributed by atoms with E-state index in [1.165, 1.54) is 0 Å². The van der Waals surface area contributed by atoms with Gasteiger partial charge in [-0.3, -0.25) is 14.4 Å². The molecule has 27 heavy (non-hydrogen) atoms. The van der Waals surface area contributed by atoms with Crippen molar-refractivity contribution in [1.82, 2.24) is 4.90 Å². The molecule has 1 N–H and O–H groups in total. The average Bonchev–Trinajstić information content (AvgIpc) is 3.20. The summed E-state index contributed by atoms with van der Waals surface area (Å²) in [6.45, 7) is 4.81. The average molecular weight is 388 g/mol. The van der Waals surface area contributed by atoms with E-state index in [4.69, 9.17) is 4.74 Å². The molecule has 2 amide bonds. The Bertz CT molecular complexity index is 753. The van der Waals surface area contributed by atoms with Crippen LogP contribution in [0.4, 0.5) is 5.69 Å². The predicted molar refractivity (Wildman–Crippen MR) is 106 cm³/mol. The third-order valence-corrected chi connectivity index (χ3v) is 4.76. The van der Waals surface area contributed by atoms with Crippen LogP contribution in [0.1, 0.15) is 36.2 Å². The van der Waals surface area contributed by atoms with Gasteiger partial charge in [-0.25, -0.2) is 0 Å². The number of aryl methyl sites for hydroxylation is 1. The van der Waals surface area contributed by atoms with Crippen LogP contribution in [0.25, 0.3) is 0 Å². The largest absolute Gasteiger partial charge is 0.456 e. The lowest BCUT2D eigenvalue weighted by atomic mass is 10.2. The highest BCUT2D eigenvalue weighted by molar-refractivity contribution is 7.07. The third-order valence-electron chi connectivity index (χ3n) is 4.03. The van der Waals surface area contributed by atoms with Crippen LogP contribution in [-0.4, -0.2) is 42.4 Å². The fourth-order valence-electron chi connectivity index (χ4n) is 2.49. The molecule has 0 bridgehead atoms. The van der Waals surface area contributed by atoms with Crippen LogP contribution in [0.15, 0.2) is 41.1 Å². The summed E-state index contributed by atoms with van der Waals surface area (Å²) in [5.41, 5.74) is 2.20. The summed E-state index contributed by atoms with van der Waals surface area (Å²) in [5.74, 6) is -0.865. The van der Waals surface area contributed by atoms with Gasteiger partial charge < -0.3 is 15.0 Å². The van der Waals surface area contributed by atoms with E-state index in [2.05, 4.69) is 5.32 Å². The van der Waals surface area contributed by atoms with Crippen LogP contribution in [-0.2, 0) is 20.7 Å². The van der Waals surface area contributed by atoms with Gasteiger partial charge >= 0.3 is 5.97 Å². The van der Waals surface area contributed by atoms with Gasteiger partial charge in [-0.15, -0.1) is 0 Å². The fraction of sp³-hybridized carbons (Fsp3) is 0.350. The van der Waals surface area contributed by atoms with Gasteiger partial charge in [0.15, 0.2) is 6.61 Å². The first kappa shape index (κ1) is 20.6. The molecule has 0 aliphatic heterocycles. The molecular formula is C20H24N2O4S.